The van der Waals surface area contributed by atoms with Crippen LogP contribution in [0.4, 0.5) is 0 Å². The molecule has 9 nitrogen and oxygen atoms in total. The normalized spacial score (nSPS) is 11.0. The molecule has 0 aliphatic heterocycles. The zero-order valence-corrected chi connectivity index (χ0v) is 16.1. The van der Waals surface area contributed by atoms with Gasteiger partial charge in [-0.1, -0.05) is 23.4 Å². The maximum absolute atomic E-state index is 12.7. The molecule has 4 aromatic rings. The van der Waals surface area contributed by atoms with Crippen molar-refractivity contribution in [2.24, 2.45) is 0 Å². The smallest absolute Gasteiger partial charge is 0.277 e. The number of aromatic nitrogens is 4. The van der Waals surface area contributed by atoms with E-state index >= 15 is 0 Å². The van der Waals surface area contributed by atoms with Crippen molar-refractivity contribution < 1.29 is 14.3 Å². The van der Waals surface area contributed by atoms with E-state index in [1.807, 2.05) is 31.2 Å². The molecule has 0 unspecified atom stereocenters. The van der Waals surface area contributed by atoms with Gasteiger partial charge in [0, 0.05) is 12.1 Å². The lowest BCUT2D eigenvalue weighted by Gasteiger charge is -2.12. The molecule has 4 rings (SSSR count). The van der Waals surface area contributed by atoms with Crippen molar-refractivity contribution in [1.29, 1.82) is 0 Å². The summed E-state index contributed by atoms with van der Waals surface area (Å²) in [7, 11) is 3.07. The van der Waals surface area contributed by atoms with Crippen molar-refractivity contribution in [2.75, 3.05) is 14.2 Å². The average molecular weight is 393 g/mol. The van der Waals surface area contributed by atoms with Crippen molar-refractivity contribution in [2.45, 2.75) is 13.5 Å². The van der Waals surface area contributed by atoms with Gasteiger partial charge in [0.05, 0.1) is 25.3 Å². The highest BCUT2D eigenvalue weighted by molar-refractivity contribution is 5.99. The molecule has 2 heterocycles. The molecule has 2 aromatic carbocycles. The number of amides is 1. The van der Waals surface area contributed by atoms with Crippen LogP contribution in [0.1, 0.15) is 21.6 Å². The fourth-order valence-electron chi connectivity index (χ4n) is 3.28. The number of carbonyl (C=O) groups is 1. The number of aryl methyl sites for hydroxylation is 1. The number of rotatable bonds is 5. The Hall–Kier alpha value is -3.88. The van der Waals surface area contributed by atoms with Crippen LogP contribution in [-0.4, -0.2) is 39.9 Å². The first-order chi connectivity index (χ1) is 14.0. The van der Waals surface area contributed by atoms with Gasteiger partial charge in [0.2, 0.25) is 0 Å². The third-order valence-corrected chi connectivity index (χ3v) is 4.65. The SMILES string of the molecule is COc1cccc(CNC(=O)c2nnn3c2c(=O)[nH]c2cc(C)ccc23)c1OC. The van der Waals surface area contributed by atoms with Crippen LogP contribution in [0.15, 0.2) is 41.2 Å². The van der Waals surface area contributed by atoms with Crippen molar-refractivity contribution in [3.8, 4) is 11.5 Å². The zero-order valence-electron chi connectivity index (χ0n) is 16.1. The molecule has 0 saturated carbocycles. The number of aromatic amines is 1. The van der Waals surface area contributed by atoms with Gasteiger partial charge in [0.1, 0.15) is 0 Å². The van der Waals surface area contributed by atoms with Gasteiger partial charge in [0.25, 0.3) is 11.5 Å². The van der Waals surface area contributed by atoms with E-state index in [2.05, 4.69) is 20.6 Å². The largest absolute Gasteiger partial charge is 0.493 e. The van der Waals surface area contributed by atoms with E-state index in [-0.39, 0.29) is 17.8 Å². The summed E-state index contributed by atoms with van der Waals surface area (Å²) in [6.07, 6.45) is 0. The van der Waals surface area contributed by atoms with E-state index < -0.39 is 11.5 Å². The molecule has 148 valence electrons. The van der Waals surface area contributed by atoms with Gasteiger partial charge in [-0.25, -0.2) is 4.52 Å². The molecule has 0 spiro atoms. The molecule has 0 fully saturated rings. The average Bonchev–Trinajstić information content (AvgIpc) is 3.17. The topological polar surface area (TPSA) is 111 Å². The number of hydrogen-bond donors (Lipinski definition) is 2. The standard InChI is InChI=1S/C20H19N5O4/c1-11-7-8-14-13(9-11)22-20(27)17-16(23-24-25(14)17)19(26)21-10-12-5-4-6-15(28-2)18(12)29-3/h4-9H,10H2,1-3H3,(H,21,26)(H,22,27). The third kappa shape index (κ3) is 3.16. The molecule has 0 radical (unpaired) electrons. The molecular weight excluding hydrogens is 374 g/mol. The Morgan fingerprint density at radius 1 is 1.21 bits per heavy atom. The molecule has 9 heteroatoms. The van der Waals surface area contributed by atoms with Crippen LogP contribution in [0.2, 0.25) is 0 Å². The maximum atomic E-state index is 12.7. The minimum atomic E-state index is -0.512. The predicted octanol–water partition coefficient (Wildman–Crippen LogP) is 1.83. The highest BCUT2D eigenvalue weighted by Gasteiger charge is 2.20. The monoisotopic (exact) mass is 393 g/mol. The van der Waals surface area contributed by atoms with Gasteiger partial charge in [-0.3, -0.25) is 9.59 Å². The summed E-state index contributed by atoms with van der Waals surface area (Å²) in [4.78, 5) is 28.1. The fourth-order valence-corrected chi connectivity index (χ4v) is 3.28. The number of methoxy groups -OCH3 is 2. The van der Waals surface area contributed by atoms with Crippen molar-refractivity contribution in [1.82, 2.24) is 25.1 Å². The molecule has 1 amide bonds. The first kappa shape index (κ1) is 18.5. The summed E-state index contributed by atoms with van der Waals surface area (Å²) in [5.41, 5.74) is 2.63. The zero-order chi connectivity index (χ0) is 20.5. The highest BCUT2D eigenvalue weighted by Crippen LogP contribution is 2.30. The number of benzene rings is 2. The van der Waals surface area contributed by atoms with E-state index in [4.69, 9.17) is 9.47 Å². The lowest BCUT2D eigenvalue weighted by atomic mass is 10.1. The molecule has 0 bridgehead atoms. The second-order valence-electron chi connectivity index (χ2n) is 6.51. The van der Waals surface area contributed by atoms with E-state index in [1.165, 1.54) is 11.6 Å². The Kier molecular flexibility index (Phi) is 4.63. The van der Waals surface area contributed by atoms with Crippen LogP contribution in [0, 0.1) is 6.92 Å². The van der Waals surface area contributed by atoms with Crippen LogP contribution in [0.25, 0.3) is 16.6 Å². The lowest BCUT2D eigenvalue weighted by molar-refractivity contribution is 0.0947. The molecule has 2 aromatic heterocycles. The molecule has 0 saturated heterocycles. The number of hydrogen-bond acceptors (Lipinski definition) is 6. The van der Waals surface area contributed by atoms with Gasteiger partial charge in [-0.15, -0.1) is 5.10 Å². The summed E-state index contributed by atoms with van der Waals surface area (Å²) >= 11 is 0. The summed E-state index contributed by atoms with van der Waals surface area (Å²) in [6, 6.07) is 10.9. The Morgan fingerprint density at radius 2 is 2.03 bits per heavy atom. The van der Waals surface area contributed by atoms with Crippen LogP contribution in [-0.2, 0) is 6.54 Å². The van der Waals surface area contributed by atoms with Gasteiger partial charge in [-0.2, -0.15) is 0 Å². The number of ether oxygens (including phenoxy) is 2. The van der Waals surface area contributed by atoms with Gasteiger partial charge < -0.3 is 19.8 Å². The summed E-state index contributed by atoms with van der Waals surface area (Å²) in [6.45, 7) is 2.10. The Morgan fingerprint density at radius 3 is 2.79 bits per heavy atom. The second kappa shape index (κ2) is 7.27. The molecule has 2 N–H and O–H groups in total. The van der Waals surface area contributed by atoms with Crippen LogP contribution >= 0.6 is 0 Å². The Balaban J connectivity index is 1.68. The predicted molar refractivity (Wildman–Crippen MR) is 107 cm³/mol. The van der Waals surface area contributed by atoms with E-state index in [1.54, 1.807) is 19.2 Å². The number of nitrogens with zero attached hydrogens (tertiary/aromatic N) is 3. The minimum absolute atomic E-state index is 0.0458. The van der Waals surface area contributed by atoms with Gasteiger partial charge >= 0.3 is 0 Å². The highest BCUT2D eigenvalue weighted by atomic mass is 16.5. The first-order valence-corrected chi connectivity index (χ1v) is 8.89. The number of H-pyrrole nitrogens is 1. The number of carbonyl (C=O) groups excluding carboxylic acids is 1. The number of para-hydroxylation sites is 1. The molecule has 0 aliphatic carbocycles. The third-order valence-electron chi connectivity index (χ3n) is 4.65. The van der Waals surface area contributed by atoms with E-state index in [0.29, 0.717) is 22.5 Å². The maximum Gasteiger partial charge on any atom is 0.277 e. The molecule has 0 atom stereocenters. The summed E-state index contributed by atoms with van der Waals surface area (Å²) < 4.78 is 12.0. The van der Waals surface area contributed by atoms with Crippen molar-refractivity contribution >= 4 is 22.5 Å². The number of fused-ring (bicyclic) bond motifs is 3. The van der Waals surface area contributed by atoms with Gasteiger partial charge in [0.15, 0.2) is 22.7 Å². The van der Waals surface area contributed by atoms with Crippen molar-refractivity contribution in [3.63, 3.8) is 0 Å². The number of nitrogens with one attached hydrogen (secondary N) is 2. The quantitative estimate of drug-likeness (QED) is 0.535. The van der Waals surface area contributed by atoms with Crippen LogP contribution in [0.5, 0.6) is 11.5 Å². The summed E-state index contributed by atoms with van der Waals surface area (Å²) in [5, 5.41) is 10.7. The first-order valence-electron chi connectivity index (χ1n) is 8.89. The van der Waals surface area contributed by atoms with E-state index in [9.17, 15) is 9.59 Å². The molecular formula is C20H19N5O4. The van der Waals surface area contributed by atoms with Crippen molar-refractivity contribution in [3.05, 3.63) is 63.6 Å². The molecule has 0 aliphatic rings. The Labute approximate surface area is 165 Å². The Bertz CT molecular complexity index is 1290. The minimum Gasteiger partial charge on any atom is -0.493 e. The lowest BCUT2D eigenvalue weighted by Crippen LogP contribution is -2.25. The van der Waals surface area contributed by atoms with E-state index in [0.717, 1.165) is 11.1 Å². The fraction of sp³-hybridized carbons (Fsp3) is 0.200. The summed E-state index contributed by atoms with van der Waals surface area (Å²) in [5.74, 6) is 0.579. The molecule has 29 heavy (non-hydrogen) atoms. The second-order valence-corrected chi connectivity index (χ2v) is 6.51. The van der Waals surface area contributed by atoms with Gasteiger partial charge in [-0.05, 0) is 30.7 Å². The van der Waals surface area contributed by atoms with Crippen LogP contribution in [0.3, 0.4) is 0 Å². The van der Waals surface area contributed by atoms with Crippen LogP contribution < -0.4 is 20.3 Å².